The van der Waals surface area contributed by atoms with Crippen molar-refractivity contribution in [1.29, 1.82) is 0 Å². The van der Waals surface area contributed by atoms with Gasteiger partial charge in [0, 0.05) is 10.4 Å². The number of aromatic carboxylic acids is 1. The predicted molar refractivity (Wildman–Crippen MR) is 56.7 cm³/mol. The molecule has 0 radical (unpaired) electrons. The molecule has 0 amide bonds. The Hall–Kier alpha value is -1.68. The van der Waals surface area contributed by atoms with Gasteiger partial charge in [-0.1, -0.05) is 6.07 Å². The monoisotopic (exact) mass is 222 g/mol. The topological polar surface area (TPSA) is 37.3 Å². The van der Waals surface area contributed by atoms with E-state index in [1.54, 1.807) is 12.1 Å². The highest BCUT2D eigenvalue weighted by molar-refractivity contribution is 7.13. The molecule has 0 saturated carbocycles. The van der Waals surface area contributed by atoms with Crippen molar-refractivity contribution in [3.8, 4) is 10.4 Å². The summed E-state index contributed by atoms with van der Waals surface area (Å²) in [6, 6.07) is 7.25. The summed E-state index contributed by atoms with van der Waals surface area (Å²) in [7, 11) is 0. The Balaban J connectivity index is 2.63. The summed E-state index contributed by atoms with van der Waals surface area (Å²) >= 11 is 1.39. The average molecular weight is 222 g/mol. The van der Waals surface area contributed by atoms with Crippen LogP contribution in [0.2, 0.25) is 0 Å². The third-order valence-corrected chi connectivity index (χ3v) is 2.90. The highest BCUT2D eigenvalue weighted by atomic mass is 32.1. The van der Waals surface area contributed by atoms with Crippen molar-refractivity contribution in [2.75, 3.05) is 0 Å². The van der Waals surface area contributed by atoms with Crippen LogP contribution in [0.5, 0.6) is 0 Å². The van der Waals surface area contributed by atoms with E-state index in [-0.39, 0.29) is 5.56 Å². The van der Waals surface area contributed by atoms with Gasteiger partial charge < -0.3 is 5.11 Å². The number of carbonyl (C=O) groups is 1. The Bertz CT molecular complexity index is 491. The molecule has 0 fully saturated rings. The molecule has 0 spiro atoms. The highest BCUT2D eigenvalue weighted by Crippen LogP contribution is 2.28. The van der Waals surface area contributed by atoms with Crippen molar-refractivity contribution in [3.63, 3.8) is 0 Å². The van der Waals surface area contributed by atoms with E-state index < -0.39 is 11.8 Å². The molecule has 0 bridgehead atoms. The van der Waals surface area contributed by atoms with Crippen LogP contribution in [0.25, 0.3) is 10.4 Å². The van der Waals surface area contributed by atoms with Crippen molar-refractivity contribution in [2.45, 2.75) is 0 Å². The normalized spacial score (nSPS) is 10.2. The first kappa shape index (κ1) is 9.86. The molecule has 2 rings (SSSR count). The molecule has 76 valence electrons. The number of carboxylic acid groups (broad SMARTS) is 1. The van der Waals surface area contributed by atoms with E-state index >= 15 is 0 Å². The molecule has 2 aromatic rings. The fourth-order valence-electron chi connectivity index (χ4n) is 1.34. The lowest BCUT2D eigenvalue weighted by Gasteiger charge is -2.03. The molecule has 15 heavy (non-hydrogen) atoms. The molecule has 1 aromatic carbocycles. The van der Waals surface area contributed by atoms with Crippen molar-refractivity contribution in [2.24, 2.45) is 0 Å². The maximum absolute atomic E-state index is 13.0. The Kier molecular flexibility index (Phi) is 2.51. The average Bonchev–Trinajstić information content (AvgIpc) is 2.69. The highest BCUT2D eigenvalue weighted by Gasteiger charge is 2.12. The summed E-state index contributed by atoms with van der Waals surface area (Å²) in [4.78, 5) is 11.7. The van der Waals surface area contributed by atoms with Crippen molar-refractivity contribution >= 4 is 17.3 Å². The number of carboxylic acids is 1. The van der Waals surface area contributed by atoms with Crippen LogP contribution in [0.1, 0.15) is 10.4 Å². The maximum atomic E-state index is 13.0. The fraction of sp³-hybridized carbons (Fsp3) is 0. The van der Waals surface area contributed by atoms with Gasteiger partial charge in [0.15, 0.2) is 0 Å². The minimum atomic E-state index is -1.04. The molecule has 0 aliphatic heterocycles. The van der Waals surface area contributed by atoms with Crippen molar-refractivity contribution < 1.29 is 14.3 Å². The molecule has 1 aromatic heterocycles. The zero-order valence-electron chi connectivity index (χ0n) is 7.61. The summed E-state index contributed by atoms with van der Waals surface area (Å²) in [5.41, 5.74) is 0.552. The van der Waals surface area contributed by atoms with E-state index in [1.807, 2.05) is 5.38 Å². The van der Waals surface area contributed by atoms with Gasteiger partial charge in [-0.25, -0.2) is 9.18 Å². The Morgan fingerprint density at radius 2 is 2.13 bits per heavy atom. The first-order valence-corrected chi connectivity index (χ1v) is 5.13. The van der Waals surface area contributed by atoms with Crippen LogP contribution in [-0.2, 0) is 0 Å². The molecular weight excluding hydrogens is 215 g/mol. The third kappa shape index (κ3) is 1.89. The van der Waals surface area contributed by atoms with Crippen LogP contribution in [0, 0.1) is 5.82 Å². The molecule has 0 aliphatic carbocycles. The summed E-state index contributed by atoms with van der Waals surface area (Å²) in [6.07, 6.45) is 0. The quantitative estimate of drug-likeness (QED) is 0.846. The Morgan fingerprint density at radius 3 is 2.73 bits per heavy atom. The van der Waals surface area contributed by atoms with Crippen LogP contribution in [0.15, 0.2) is 35.7 Å². The Morgan fingerprint density at radius 1 is 1.33 bits per heavy atom. The predicted octanol–water partition coefficient (Wildman–Crippen LogP) is 3.25. The number of hydrogen-bond acceptors (Lipinski definition) is 2. The van der Waals surface area contributed by atoms with Crippen LogP contribution in [0.4, 0.5) is 4.39 Å². The summed E-state index contributed by atoms with van der Waals surface area (Å²) in [5.74, 6) is -1.47. The van der Waals surface area contributed by atoms with E-state index in [2.05, 4.69) is 0 Å². The lowest BCUT2D eigenvalue weighted by Crippen LogP contribution is -1.99. The third-order valence-electron chi connectivity index (χ3n) is 2.00. The zero-order chi connectivity index (χ0) is 10.8. The second-order valence-electron chi connectivity index (χ2n) is 2.97. The van der Waals surface area contributed by atoms with E-state index in [4.69, 9.17) is 5.11 Å². The van der Waals surface area contributed by atoms with Gasteiger partial charge in [-0.3, -0.25) is 0 Å². The lowest BCUT2D eigenvalue weighted by molar-refractivity contribution is 0.0697. The van der Waals surface area contributed by atoms with Crippen LogP contribution in [-0.4, -0.2) is 11.1 Å². The molecule has 0 unspecified atom stereocenters. The number of hydrogen-bond donors (Lipinski definition) is 1. The number of benzene rings is 1. The summed E-state index contributed by atoms with van der Waals surface area (Å²) in [5, 5.41) is 10.8. The molecule has 1 heterocycles. The van der Waals surface area contributed by atoms with E-state index in [0.717, 1.165) is 10.9 Å². The number of thiophene rings is 1. The zero-order valence-corrected chi connectivity index (χ0v) is 8.42. The first-order chi connectivity index (χ1) is 7.18. The summed E-state index contributed by atoms with van der Waals surface area (Å²) < 4.78 is 13.0. The van der Waals surface area contributed by atoms with Gasteiger partial charge in [-0.15, -0.1) is 11.3 Å². The second-order valence-corrected chi connectivity index (χ2v) is 3.92. The van der Waals surface area contributed by atoms with Gasteiger partial charge in [0.1, 0.15) is 5.82 Å². The molecule has 2 nitrogen and oxygen atoms in total. The molecular formula is C11H7FO2S. The lowest BCUT2D eigenvalue weighted by atomic mass is 10.1. The number of rotatable bonds is 2. The first-order valence-electron chi connectivity index (χ1n) is 4.25. The van der Waals surface area contributed by atoms with Gasteiger partial charge in [-0.2, -0.15) is 0 Å². The van der Waals surface area contributed by atoms with Crippen LogP contribution >= 0.6 is 11.3 Å². The molecule has 0 aliphatic rings. The van der Waals surface area contributed by atoms with Gasteiger partial charge >= 0.3 is 5.97 Å². The SMILES string of the molecule is O=C(O)c1ccc(F)cc1-c1cccs1. The standard InChI is InChI=1S/C11H7FO2S/c12-7-3-4-8(11(13)14)9(6-7)10-2-1-5-15-10/h1-6H,(H,13,14). The fourth-order valence-corrected chi connectivity index (χ4v) is 2.10. The van der Waals surface area contributed by atoms with E-state index in [9.17, 15) is 9.18 Å². The van der Waals surface area contributed by atoms with Gasteiger partial charge in [-0.05, 0) is 29.6 Å². The smallest absolute Gasteiger partial charge is 0.336 e. The minimum absolute atomic E-state index is 0.124. The van der Waals surface area contributed by atoms with Crippen LogP contribution in [0.3, 0.4) is 0 Å². The van der Waals surface area contributed by atoms with Crippen molar-refractivity contribution in [3.05, 3.63) is 47.1 Å². The van der Waals surface area contributed by atoms with E-state index in [1.165, 1.54) is 23.5 Å². The largest absolute Gasteiger partial charge is 0.478 e. The van der Waals surface area contributed by atoms with Crippen molar-refractivity contribution in [1.82, 2.24) is 0 Å². The van der Waals surface area contributed by atoms with Gasteiger partial charge in [0.2, 0.25) is 0 Å². The van der Waals surface area contributed by atoms with Crippen LogP contribution < -0.4 is 0 Å². The second kappa shape index (κ2) is 3.82. The number of halogens is 1. The maximum Gasteiger partial charge on any atom is 0.336 e. The van der Waals surface area contributed by atoms with E-state index in [0.29, 0.717) is 5.56 Å². The molecule has 1 N–H and O–H groups in total. The minimum Gasteiger partial charge on any atom is -0.478 e. The molecule has 4 heteroatoms. The van der Waals surface area contributed by atoms with Gasteiger partial charge in [0.05, 0.1) is 5.56 Å². The van der Waals surface area contributed by atoms with Gasteiger partial charge in [0.25, 0.3) is 0 Å². The molecule has 0 atom stereocenters. The Labute approximate surface area is 89.6 Å². The summed E-state index contributed by atoms with van der Waals surface area (Å²) in [6.45, 7) is 0. The molecule has 0 saturated heterocycles.